The number of aliphatic hydroxyl groups excluding tert-OH is 1. The van der Waals surface area contributed by atoms with Crippen LogP contribution in [0.3, 0.4) is 0 Å². The number of hydrogen-bond donors (Lipinski definition) is 1. The maximum Gasteiger partial charge on any atom is 0.301 e. The lowest BCUT2D eigenvalue weighted by Crippen LogP contribution is -2.29. The van der Waals surface area contributed by atoms with Crippen molar-refractivity contribution in [2.45, 2.75) is 19.9 Å². The third-order valence-electron chi connectivity index (χ3n) is 6.05. The summed E-state index contributed by atoms with van der Waals surface area (Å²) in [7, 11) is 1.58. The zero-order chi connectivity index (χ0) is 24.9. The number of amides is 1. The van der Waals surface area contributed by atoms with Gasteiger partial charge in [0.1, 0.15) is 11.5 Å². The number of halogens is 1. The molecule has 0 bridgehead atoms. The first-order valence-electron chi connectivity index (χ1n) is 10.9. The van der Waals surface area contributed by atoms with Crippen molar-refractivity contribution in [2.24, 2.45) is 0 Å². The van der Waals surface area contributed by atoms with Crippen LogP contribution in [0.1, 0.15) is 28.3 Å². The highest BCUT2D eigenvalue weighted by Crippen LogP contribution is 2.45. The minimum atomic E-state index is -0.893. The van der Waals surface area contributed by atoms with Gasteiger partial charge in [0, 0.05) is 10.6 Å². The molecule has 1 N–H and O–H groups in total. The Morgan fingerprint density at radius 2 is 1.89 bits per heavy atom. The number of Topliss-reactive ketones (excluding diaryl/α,β-unsaturated/α-hetero) is 1. The van der Waals surface area contributed by atoms with Crippen molar-refractivity contribution in [3.05, 3.63) is 93.5 Å². The Hall–Kier alpha value is -3.68. The van der Waals surface area contributed by atoms with Crippen molar-refractivity contribution in [3.63, 3.8) is 0 Å². The molecule has 0 radical (unpaired) electrons. The van der Waals surface area contributed by atoms with Crippen LogP contribution >= 0.6 is 22.9 Å². The molecule has 5 rings (SSSR count). The second kappa shape index (κ2) is 8.83. The summed E-state index contributed by atoms with van der Waals surface area (Å²) in [5.41, 5.74) is 3.49. The van der Waals surface area contributed by atoms with E-state index in [-0.39, 0.29) is 11.3 Å². The Morgan fingerprint density at radius 3 is 2.63 bits per heavy atom. The topological polar surface area (TPSA) is 79.7 Å². The molecular formula is C27H21ClN2O4S. The van der Waals surface area contributed by atoms with E-state index in [2.05, 4.69) is 4.98 Å². The summed E-state index contributed by atoms with van der Waals surface area (Å²) in [4.78, 5) is 32.8. The lowest BCUT2D eigenvalue weighted by atomic mass is 9.93. The van der Waals surface area contributed by atoms with Gasteiger partial charge in [0.15, 0.2) is 5.13 Å². The number of benzene rings is 3. The second-order valence-electron chi connectivity index (χ2n) is 8.37. The number of nitrogens with zero attached hydrogens (tertiary/aromatic N) is 2. The van der Waals surface area contributed by atoms with E-state index in [0.717, 1.165) is 15.8 Å². The van der Waals surface area contributed by atoms with Gasteiger partial charge >= 0.3 is 5.91 Å². The van der Waals surface area contributed by atoms with Gasteiger partial charge in [-0.15, -0.1) is 0 Å². The molecule has 3 aromatic carbocycles. The Bertz CT molecular complexity index is 1540. The van der Waals surface area contributed by atoms with E-state index in [4.69, 9.17) is 16.3 Å². The summed E-state index contributed by atoms with van der Waals surface area (Å²) in [6, 6.07) is 17.1. The molecule has 1 aliphatic heterocycles. The van der Waals surface area contributed by atoms with E-state index in [9.17, 15) is 14.7 Å². The van der Waals surface area contributed by atoms with Crippen LogP contribution in [-0.4, -0.2) is 28.9 Å². The summed E-state index contributed by atoms with van der Waals surface area (Å²) in [5.74, 6) is -1.09. The molecule has 6 nitrogen and oxygen atoms in total. The van der Waals surface area contributed by atoms with Crippen molar-refractivity contribution in [2.75, 3.05) is 12.0 Å². The summed E-state index contributed by atoms with van der Waals surface area (Å²) in [6.07, 6.45) is 0. The molecule has 1 fully saturated rings. The molecule has 1 saturated heterocycles. The number of ether oxygens (including phenoxy) is 1. The van der Waals surface area contributed by atoms with Crippen molar-refractivity contribution in [3.8, 4) is 5.75 Å². The maximum absolute atomic E-state index is 13.4. The predicted octanol–water partition coefficient (Wildman–Crippen LogP) is 6.20. The second-order valence-corrected chi connectivity index (χ2v) is 9.82. The number of rotatable bonds is 4. The number of aliphatic hydroxyl groups is 1. The SMILES string of the molecule is COc1ccc2nc(N3C(=O)C(=O)C(=C(O)c4cc(C)ccc4C)C3c3cccc(Cl)c3)sc2c1. The van der Waals surface area contributed by atoms with Crippen LogP contribution in [0, 0.1) is 13.8 Å². The first-order valence-corrected chi connectivity index (χ1v) is 12.1. The third kappa shape index (κ3) is 3.96. The lowest BCUT2D eigenvalue weighted by molar-refractivity contribution is -0.132. The minimum Gasteiger partial charge on any atom is -0.507 e. The van der Waals surface area contributed by atoms with Crippen molar-refractivity contribution >= 4 is 55.7 Å². The van der Waals surface area contributed by atoms with E-state index in [1.54, 1.807) is 49.6 Å². The molecule has 1 aliphatic rings. The number of thiazole rings is 1. The number of carbonyl (C=O) groups excluding carboxylic acids is 2. The average Bonchev–Trinajstić information content (AvgIpc) is 3.37. The quantitative estimate of drug-likeness (QED) is 0.203. The van der Waals surface area contributed by atoms with Gasteiger partial charge in [-0.1, -0.05) is 52.8 Å². The first kappa shape index (κ1) is 23.1. The van der Waals surface area contributed by atoms with E-state index < -0.39 is 17.7 Å². The molecular weight excluding hydrogens is 484 g/mol. The van der Waals surface area contributed by atoms with Crippen LogP contribution in [0.4, 0.5) is 5.13 Å². The molecule has 4 aromatic rings. The molecule has 1 unspecified atom stereocenters. The third-order valence-corrected chi connectivity index (χ3v) is 7.30. The van der Waals surface area contributed by atoms with Crippen LogP contribution in [-0.2, 0) is 9.59 Å². The summed E-state index contributed by atoms with van der Waals surface area (Å²) in [6.45, 7) is 3.75. The first-order chi connectivity index (χ1) is 16.8. The molecule has 1 amide bonds. The summed E-state index contributed by atoms with van der Waals surface area (Å²) >= 11 is 7.56. The number of aromatic nitrogens is 1. The Balaban J connectivity index is 1.75. The van der Waals surface area contributed by atoms with E-state index in [1.165, 1.54) is 16.2 Å². The monoisotopic (exact) mass is 504 g/mol. The van der Waals surface area contributed by atoms with Gasteiger partial charge in [-0.05, 0) is 61.4 Å². The smallest absolute Gasteiger partial charge is 0.301 e. The maximum atomic E-state index is 13.4. The van der Waals surface area contributed by atoms with Crippen LogP contribution in [0.25, 0.3) is 16.0 Å². The van der Waals surface area contributed by atoms with Gasteiger partial charge < -0.3 is 9.84 Å². The van der Waals surface area contributed by atoms with Crippen molar-refractivity contribution in [1.29, 1.82) is 0 Å². The number of anilines is 1. The Labute approximate surface area is 211 Å². The van der Waals surface area contributed by atoms with Crippen LogP contribution < -0.4 is 9.64 Å². The summed E-state index contributed by atoms with van der Waals surface area (Å²) < 4.78 is 6.11. The normalized spacial score (nSPS) is 17.4. The number of aryl methyl sites for hydroxylation is 2. The fourth-order valence-corrected chi connectivity index (χ4v) is 5.50. The largest absolute Gasteiger partial charge is 0.507 e. The van der Waals surface area contributed by atoms with Crippen LogP contribution in [0.5, 0.6) is 5.75 Å². The number of ketones is 1. The zero-order valence-corrected chi connectivity index (χ0v) is 20.8. The Morgan fingerprint density at radius 1 is 1.09 bits per heavy atom. The van der Waals surface area contributed by atoms with Crippen LogP contribution in [0.15, 0.2) is 66.2 Å². The highest BCUT2D eigenvalue weighted by atomic mass is 35.5. The highest BCUT2D eigenvalue weighted by molar-refractivity contribution is 7.22. The molecule has 0 spiro atoms. The predicted molar refractivity (Wildman–Crippen MR) is 138 cm³/mol. The van der Waals surface area contributed by atoms with Crippen LogP contribution in [0.2, 0.25) is 5.02 Å². The molecule has 0 aliphatic carbocycles. The number of hydrogen-bond acceptors (Lipinski definition) is 6. The molecule has 1 aromatic heterocycles. The molecule has 0 saturated carbocycles. The van der Waals surface area contributed by atoms with Gasteiger partial charge in [-0.3, -0.25) is 14.5 Å². The van der Waals surface area contributed by atoms with Gasteiger partial charge in [0.2, 0.25) is 0 Å². The van der Waals surface area contributed by atoms with Crippen molar-refractivity contribution < 1.29 is 19.4 Å². The molecule has 2 heterocycles. The fourth-order valence-electron chi connectivity index (χ4n) is 4.28. The molecule has 35 heavy (non-hydrogen) atoms. The van der Waals surface area contributed by atoms with E-state index >= 15 is 0 Å². The molecule has 8 heteroatoms. The van der Waals surface area contributed by atoms with Gasteiger partial charge in [0.05, 0.1) is 28.9 Å². The Kier molecular flexibility index (Phi) is 5.83. The average molecular weight is 505 g/mol. The van der Waals surface area contributed by atoms with E-state index in [0.29, 0.717) is 32.5 Å². The standard InChI is InChI=1S/C27H21ClN2O4S/c1-14-7-8-15(2)19(11-14)24(31)22-23(16-5-4-6-17(28)12-16)30(26(33)25(22)32)27-29-20-10-9-18(34-3)13-21(20)35-27/h4-13,23,31H,1-3H3. The molecule has 1 atom stereocenters. The summed E-state index contributed by atoms with van der Waals surface area (Å²) in [5, 5.41) is 12.2. The highest BCUT2D eigenvalue weighted by Gasteiger charge is 2.48. The van der Waals surface area contributed by atoms with Gasteiger partial charge in [-0.2, -0.15) is 0 Å². The number of methoxy groups -OCH3 is 1. The lowest BCUT2D eigenvalue weighted by Gasteiger charge is -2.23. The zero-order valence-electron chi connectivity index (χ0n) is 19.2. The fraction of sp³-hybridized carbons (Fsp3) is 0.148. The van der Waals surface area contributed by atoms with Gasteiger partial charge in [-0.25, -0.2) is 4.98 Å². The molecule has 176 valence electrons. The minimum absolute atomic E-state index is 0.00260. The van der Waals surface area contributed by atoms with Crippen molar-refractivity contribution in [1.82, 2.24) is 4.98 Å². The number of carbonyl (C=O) groups is 2. The van der Waals surface area contributed by atoms with Gasteiger partial charge in [0.25, 0.3) is 5.78 Å². The number of fused-ring (bicyclic) bond motifs is 1. The van der Waals surface area contributed by atoms with E-state index in [1.807, 2.05) is 32.0 Å².